The van der Waals surface area contributed by atoms with Gasteiger partial charge in [-0.3, -0.25) is 14.5 Å². The summed E-state index contributed by atoms with van der Waals surface area (Å²) >= 11 is 0. The van der Waals surface area contributed by atoms with Crippen LogP contribution in [0, 0.1) is 0 Å². The first-order valence-electron chi connectivity index (χ1n) is 8.80. The van der Waals surface area contributed by atoms with Gasteiger partial charge in [-0.2, -0.15) is 0 Å². The summed E-state index contributed by atoms with van der Waals surface area (Å²) in [5.41, 5.74) is 8.07. The Morgan fingerprint density at radius 1 is 0.958 bits per heavy atom. The minimum atomic E-state index is -0.161. The van der Waals surface area contributed by atoms with Crippen molar-refractivity contribution in [3.8, 4) is 0 Å². The highest BCUT2D eigenvalue weighted by Crippen LogP contribution is 2.32. The Bertz CT molecular complexity index is 760. The fraction of sp³-hybridized carbons (Fsp3) is 0.400. The Morgan fingerprint density at radius 3 is 2.42 bits per heavy atom. The molecular formula is C20H24N2O2. The molecule has 0 atom stereocenters. The number of carbonyl (C=O) groups excluding carboxylic acids is 2. The van der Waals surface area contributed by atoms with E-state index in [9.17, 15) is 9.59 Å². The summed E-state index contributed by atoms with van der Waals surface area (Å²) in [5.74, 6) is -0.323. The van der Waals surface area contributed by atoms with Crippen LogP contribution < -0.4 is 5.73 Å². The lowest BCUT2D eigenvalue weighted by Crippen LogP contribution is -2.40. The largest absolute Gasteiger partial charge is 0.330 e. The third-order valence-corrected chi connectivity index (χ3v) is 4.72. The number of carbonyl (C=O) groups is 2. The minimum absolute atomic E-state index is 0.161. The van der Waals surface area contributed by atoms with Crippen molar-refractivity contribution in [2.45, 2.75) is 39.0 Å². The van der Waals surface area contributed by atoms with Crippen LogP contribution in [0.25, 0.3) is 10.8 Å². The normalized spacial score (nSPS) is 13.8. The van der Waals surface area contributed by atoms with Crippen molar-refractivity contribution < 1.29 is 9.59 Å². The van der Waals surface area contributed by atoms with Crippen molar-refractivity contribution in [2.24, 2.45) is 5.73 Å². The van der Waals surface area contributed by atoms with Crippen LogP contribution in [0.3, 0.4) is 0 Å². The van der Waals surface area contributed by atoms with E-state index < -0.39 is 0 Å². The number of hydrogen-bond donors (Lipinski definition) is 1. The maximum Gasteiger partial charge on any atom is 0.261 e. The van der Waals surface area contributed by atoms with E-state index in [4.69, 9.17) is 5.73 Å². The third-order valence-electron chi connectivity index (χ3n) is 4.72. The third kappa shape index (κ3) is 2.82. The van der Waals surface area contributed by atoms with Crippen LogP contribution in [0.1, 0.15) is 58.9 Å². The molecule has 2 aromatic carbocycles. The van der Waals surface area contributed by atoms with Gasteiger partial charge in [0.05, 0.1) is 0 Å². The van der Waals surface area contributed by atoms with Gasteiger partial charge in [0.15, 0.2) is 0 Å². The highest BCUT2D eigenvalue weighted by molar-refractivity contribution is 6.25. The van der Waals surface area contributed by atoms with Crippen LogP contribution in [0.15, 0.2) is 30.3 Å². The minimum Gasteiger partial charge on any atom is -0.330 e. The monoisotopic (exact) mass is 324 g/mol. The van der Waals surface area contributed by atoms with E-state index >= 15 is 0 Å². The summed E-state index contributed by atoms with van der Waals surface area (Å²) in [6, 6.07) is 9.69. The van der Waals surface area contributed by atoms with Crippen LogP contribution in [0.2, 0.25) is 0 Å². The number of imide groups is 1. The van der Waals surface area contributed by atoms with E-state index in [1.165, 1.54) is 10.5 Å². The molecule has 1 aliphatic heterocycles. The lowest BCUT2D eigenvalue weighted by Gasteiger charge is -2.27. The first-order chi connectivity index (χ1) is 11.7. The van der Waals surface area contributed by atoms with Gasteiger partial charge in [-0.1, -0.05) is 31.5 Å². The zero-order valence-electron chi connectivity index (χ0n) is 14.2. The van der Waals surface area contributed by atoms with Crippen molar-refractivity contribution >= 4 is 22.6 Å². The van der Waals surface area contributed by atoms with Crippen molar-refractivity contribution in [3.63, 3.8) is 0 Å². The molecule has 126 valence electrons. The zero-order valence-corrected chi connectivity index (χ0v) is 14.2. The number of unbranched alkanes of at least 4 members (excludes halogenated alkanes) is 2. The van der Waals surface area contributed by atoms with Gasteiger partial charge in [-0.05, 0) is 55.3 Å². The molecule has 24 heavy (non-hydrogen) atoms. The molecular weight excluding hydrogens is 300 g/mol. The summed E-state index contributed by atoms with van der Waals surface area (Å²) in [5, 5.41) is 1.85. The Balaban J connectivity index is 2.06. The molecule has 0 aliphatic carbocycles. The highest BCUT2D eigenvalue weighted by Gasteiger charge is 2.32. The first-order valence-corrected chi connectivity index (χ1v) is 8.80. The van der Waals surface area contributed by atoms with Crippen molar-refractivity contribution in [3.05, 3.63) is 47.0 Å². The zero-order chi connectivity index (χ0) is 17.1. The Labute approximate surface area is 142 Å². The highest BCUT2D eigenvalue weighted by atomic mass is 16.2. The van der Waals surface area contributed by atoms with E-state index in [1.807, 2.05) is 30.3 Å². The summed E-state index contributed by atoms with van der Waals surface area (Å²) in [6.45, 7) is 3.23. The molecule has 2 N–H and O–H groups in total. The molecule has 0 saturated heterocycles. The number of amides is 2. The van der Waals surface area contributed by atoms with Gasteiger partial charge in [-0.15, -0.1) is 0 Å². The van der Waals surface area contributed by atoms with E-state index in [0.717, 1.165) is 42.9 Å². The molecule has 0 aromatic heterocycles. The number of benzene rings is 2. The molecule has 0 bridgehead atoms. The fourth-order valence-corrected chi connectivity index (χ4v) is 3.40. The second-order valence-electron chi connectivity index (χ2n) is 6.36. The molecule has 0 fully saturated rings. The van der Waals surface area contributed by atoms with Crippen molar-refractivity contribution in [1.29, 1.82) is 0 Å². The van der Waals surface area contributed by atoms with Gasteiger partial charge < -0.3 is 5.73 Å². The molecule has 2 aromatic rings. The van der Waals surface area contributed by atoms with Gasteiger partial charge in [0, 0.05) is 23.1 Å². The number of hydrogen-bond acceptors (Lipinski definition) is 3. The SMILES string of the molecule is CCCCN1C(=O)c2cccc3c(CCCCN)ccc(c23)C1=O. The van der Waals surface area contributed by atoms with E-state index in [-0.39, 0.29) is 11.8 Å². The van der Waals surface area contributed by atoms with Crippen molar-refractivity contribution in [2.75, 3.05) is 13.1 Å². The number of nitrogens with zero attached hydrogens (tertiary/aromatic N) is 1. The smallest absolute Gasteiger partial charge is 0.261 e. The molecule has 0 saturated carbocycles. The molecule has 0 radical (unpaired) electrons. The van der Waals surface area contributed by atoms with E-state index in [0.29, 0.717) is 24.2 Å². The lowest BCUT2D eigenvalue weighted by molar-refractivity contribution is 0.0608. The molecule has 4 heteroatoms. The standard InChI is InChI=1S/C20H24N2O2/c1-2-3-13-22-19(23)16-9-6-8-15-14(7-4-5-12-21)10-11-17(18(15)16)20(22)24/h6,8-11H,2-5,7,12-13,21H2,1H3. The average molecular weight is 324 g/mol. The summed E-state index contributed by atoms with van der Waals surface area (Å²) in [4.78, 5) is 27.0. The number of aryl methyl sites for hydroxylation is 1. The maximum atomic E-state index is 12.8. The van der Waals surface area contributed by atoms with Gasteiger partial charge in [0.25, 0.3) is 11.8 Å². The van der Waals surface area contributed by atoms with Crippen LogP contribution in [-0.4, -0.2) is 29.8 Å². The maximum absolute atomic E-state index is 12.8. The van der Waals surface area contributed by atoms with Gasteiger partial charge in [-0.25, -0.2) is 0 Å². The van der Waals surface area contributed by atoms with Gasteiger partial charge >= 0.3 is 0 Å². The number of rotatable bonds is 7. The molecule has 0 spiro atoms. The van der Waals surface area contributed by atoms with Crippen LogP contribution >= 0.6 is 0 Å². The average Bonchev–Trinajstić information content (AvgIpc) is 2.60. The second kappa shape index (κ2) is 7.14. The molecule has 1 aliphatic rings. The van der Waals surface area contributed by atoms with Crippen LogP contribution in [0.5, 0.6) is 0 Å². The van der Waals surface area contributed by atoms with Crippen LogP contribution in [0.4, 0.5) is 0 Å². The predicted molar refractivity (Wildman–Crippen MR) is 96.2 cm³/mol. The van der Waals surface area contributed by atoms with Crippen molar-refractivity contribution in [1.82, 2.24) is 4.90 Å². The van der Waals surface area contributed by atoms with E-state index in [1.54, 1.807) is 0 Å². The Kier molecular flexibility index (Phi) is 4.95. The topological polar surface area (TPSA) is 63.4 Å². The Hall–Kier alpha value is -2.20. The van der Waals surface area contributed by atoms with Crippen LogP contribution in [-0.2, 0) is 6.42 Å². The molecule has 0 unspecified atom stereocenters. The molecule has 3 rings (SSSR count). The van der Waals surface area contributed by atoms with Gasteiger partial charge in [0.2, 0.25) is 0 Å². The Morgan fingerprint density at radius 2 is 1.71 bits per heavy atom. The number of nitrogens with two attached hydrogens (primary N) is 1. The summed E-state index contributed by atoms with van der Waals surface area (Å²) in [6.07, 6.45) is 4.69. The predicted octanol–water partition coefficient (Wildman–Crippen LogP) is 3.52. The second-order valence-corrected chi connectivity index (χ2v) is 6.36. The first kappa shape index (κ1) is 16.7. The molecule has 1 heterocycles. The lowest BCUT2D eigenvalue weighted by atomic mass is 9.90. The fourth-order valence-electron chi connectivity index (χ4n) is 3.40. The van der Waals surface area contributed by atoms with Gasteiger partial charge in [0.1, 0.15) is 0 Å². The van der Waals surface area contributed by atoms with E-state index in [2.05, 4.69) is 6.92 Å². The quantitative estimate of drug-likeness (QED) is 0.626. The molecule has 4 nitrogen and oxygen atoms in total. The summed E-state index contributed by atoms with van der Waals surface area (Å²) in [7, 11) is 0. The molecule has 2 amide bonds. The summed E-state index contributed by atoms with van der Waals surface area (Å²) < 4.78 is 0.